The van der Waals surface area contributed by atoms with Gasteiger partial charge in [0.15, 0.2) is 11.5 Å². The maximum Gasteiger partial charge on any atom is 0.161 e. The number of benzene rings is 1. The molecule has 94 valence electrons. The molecular weight excluding hydrogens is 218 g/mol. The first kappa shape index (κ1) is 12.2. The predicted octanol–water partition coefficient (Wildman–Crippen LogP) is 1.71. The Morgan fingerprint density at radius 1 is 1.41 bits per heavy atom. The van der Waals surface area contributed by atoms with Crippen molar-refractivity contribution in [2.75, 3.05) is 20.3 Å². The first-order valence-corrected chi connectivity index (χ1v) is 5.95. The van der Waals surface area contributed by atoms with Crippen molar-refractivity contribution in [1.29, 1.82) is 0 Å². The Balaban J connectivity index is 1.98. The Kier molecular flexibility index (Phi) is 4.23. The van der Waals surface area contributed by atoms with Gasteiger partial charge in [-0.1, -0.05) is 6.07 Å². The zero-order chi connectivity index (χ0) is 12.1. The highest BCUT2D eigenvalue weighted by atomic mass is 16.5. The molecule has 0 amide bonds. The van der Waals surface area contributed by atoms with Gasteiger partial charge in [-0.2, -0.15) is 0 Å². The Bertz CT molecular complexity index is 362. The monoisotopic (exact) mass is 237 g/mol. The first-order chi connectivity index (χ1) is 8.33. The number of methoxy groups -OCH3 is 1. The van der Waals surface area contributed by atoms with E-state index in [1.165, 1.54) is 0 Å². The normalized spacial score (nSPS) is 19.3. The molecule has 1 aromatic rings. The first-order valence-electron chi connectivity index (χ1n) is 5.95. The second-order valence-electron chi connectivity index (χ2n) is 4.14. The summed E-state index contributed by atoms with van der Waals surface area (Å²) < 4.78 is 16.5. The highest BCUT2D eigenvalue weighted by molar-refractivity contribution is 5.42. The van der Waals surface area contributed by atoms with Crippen LogP contribution >= 0.6 is 0 Å². The third-order valence-electron chi connectivity index (χ3n) is 2.91. The molecule has 1 saturated heterocycles. The summed E-state index contributed by atoms with van der Waals surface area (Å²) in [6.45, 7) is 1.93. The molecule has 1 aliphatic rings. The summed E-state index contributed by atoms with van der Waals surface area (Å²) in [5.41, 5.74) is 6.61. The van der Waals surface area contributed by atoms with E-state index >= 15 is 0 Å². The third kappa shape index (κ3) is 3.11. The van der Waals surface area contributed by atoms with Crippen LogP contribution < -0.4 is 15.2 Å². The molecule has 4 heteroatoms. The maximum absolute atomic E-state index is 5.72. The molecular formula is C13H19NO3. The van der Waals surface area contributed by atoms with E-state index in [2.05, 4.69) is 0 Å². The van der Waals surface area contributed by atoms with Gasteiger partial charge in [-0.15, -0.1) is 0 Å². The van der Waals surface area contributed by atoms with Crippen molar-refractivity contribution >= 4 is 0 Å². The number of nitrogens with two attached hydrogens (primary N) is 1. The lowest BCUT2D eigenvalue weighted by Crippen LogP contribution is -2.16. The Morgan fingerprint density at radius 2 is 2.29 bits per heavy atom. The van der Waals surface area contributed by atoms with Crippen LogP contribution in [-0.2, 0) is 11.3 Å². The summed E-state index contributed by atoms with van der Waals surface area (Å²) in [6.07, 6.45) is 2.41. The third-order valence-corrected chi connectivity index (χ3v) is 2.91. The lowest BCUT2D eigenvalue weighted by atomic mass is 10.2. The molecule has 1 aliphatic heterocycles. The van der Waals surface area contributed by atoms with Gasteiger partial charge in [0.2, 0.25) is 0 Å². The summed E-state index contributed by atoms with van der Waals surface area (Å²) in [7, 11) is 1.63. The molecule has 0 aromatic heterocycles. The van der Waals surface area contributed by atoms with Crippen LogP contribution in [0.1, 0.15) is 18.4 Å². The van der Waals surface area contributed by atoms with Gasteiger partial charge in [-0.25, -0.2) is 0 Å². The van der Waals surface area contributed by atoms with E-state index in [0.29, 0.717) is 13.2 Å². The van der Waals surface area contributed by atoms with Crippen molar-refractivity contribution < 1.29 is 14.2 Å². The van der Waals surface area contributed by atoms with Gasteiger partial charge in [0.05, 0.1) is 13.2 Å². The molecule has 1 aromatic carbocycles. The molecule has 2 N–H and O–H groups in total. The SMILES string of the molecule is COc1cc(CN)ccc1OCC1CCCO1. The topological polar surface area (TPSA) is 53.7 Å². The molecule has 0 radical (unpaired) electrons. The summed E-state index contributed by atoms with van der Waals surface area (Å²) in [5.74, 6) is 1.48. The zero-order valence-electron chi connectivity index (χ0n) is 10.1. The molecule has 2 rings (SSSR count). The lowest BCUT2D eigenvalue weighted by Gasteiger charge is -2.14. The number of hydrogen-bond donors (Lipinski definition) is 1. The van der Waals surface area contributed by atoms with Crippen LogP contribution in [0.2, 0.25) is 0 Å². The molecule has 0 bridgehead atoms. The van der Waals surface area contributed by atoms with Gasteiger partial charge < -0.3 is 19.9 Å². The van der Waals surface area contributed by atoms with Crippen molar-refractivity contribution in [1.82, 2.24) is 0 Å². The van der Waals surface area contributed by atoms with E-state index < -0.39 is 0 Å². The molecule has 1 unspecified atom stereocenters. The average Bonchev–Trinajstić information content (AvgIpc) is 2.89. The van der Waals surface area contributed by atoms with Crippen molar-refractivity contribution in [3.05, 3.63) is 23.8 Å². The smallest absolute Gasteiger partial charge is 0.161 e. The van der Waals surface area contributed by atoms with Gasteiger partial charge in [0.25, 0.3) is 0 Å². The minimum Gasteiger partial charge on any atom is -0.493 e. The van der Waals surface area contributed by atoms with Crippen molar-refractivity contribution in [3.63, 3.8) is 0 Å². The van der Waals surface area contributed by atoms with Crippen LogP contribution in [0, 0.1) is 0 Å². The van der Waals surface area contributed by atoms with E-state index in [0.717, 1.165) is 36.5 Å². The lowest BCUT2D eigenvalue weighted by molar-refractivity contribution is 0.0669. The van der Waals surface area contributed by atoms with Crippen LogP contribution in [0.5, 0.6) is 11.5 Å². The van der Waals surface area contributed by atoms with E-state index in [9.17, 15) is 0 Å². The van der Waals surface area contributed by atoms with E-state index in [4.69, 9.17) is 19.9 Å². The molecule has 1 atom stereocenters. The van der Waals surface area contributed by atoms with Crippen LogP contribution in [0.3, 0.4) is 0 Å². The van der Waals surface area contributed by atoms with E-state index in [1.54, 1.807) is 7.11 Å². The minimum atomic E-state index is 0.217. The number of ether oxygens (including phenoxy) is 3. The average molecular weight is 237 g/mol. The van der Waals surface area contributed by atoms with Crippen molar-refractivity contribution in [2.45, 2.75) is 25.5 Å². The second kappa shape index (κ2) is 5.89. The highest BCUT2D eigenvalue weighted by Gasteiger charge is 2.17. The summed E-state index contributed by atoms with van der Waals surface area (Å²) in [6, 6.07) is 5.76. The Labute approximate surface area is 102 Å². The van der Waals surface area contributed by atoms with Gasteiger partial charge in [-0.05, 0) is 30.5 Å². The maximum atomic E-state index is 5.72. The fourth-order valence-electron chi connectivity index (χ4n) is 1.92. The highest BCUT2D eigenvalue weighted by Crippen LogP contribution is 2.28. The number of hydrogen-bond acceptors (Lipinski definition) is 4. The molecule has 1 fully saturated rings. The molecule has 0 saturated carbocycles. The number of rotatable bonds is 5. The molecule has 4 nitrogen and oxygen atoms in total. The van der Waals surface area contributed by atoms with E-state index in [-0.39, 0.29) is 6.10 Å². The minimum absolute atomic E-state index is 0.217. The van der Waals surface area contributed by atoms with Gasteiger partial charge in [0.1, 0.15) is 6.61 Å². The van der Waals surface area contributed by atoms with Crippen LogP contribution in [0.4, 0.5) is 0 Å². The molecule has 17 heavy (non-hydrogen) atoms. The van der Waals surface area contributed by atoms with Crippen LogP contribution in [0.25, 0.3) is 0 Å². The van der Waals surface area contributed by atoms with E-state index in [1.807, 2.05) is 18.2 Å². The zero-order valence-corrected chi connectivity index (χ0v) is 10.1. The van der Waals surface area contributed by atoms with Crippen molar-refractivity contribution in [2.24, 2.45) is 5.73 Å². The summed E-state index contributed by atoms with van der Waals surface area (Å²) >= 11 is 0. The Hall–Kier alpha value is -1.26. The van der Waals surface area contributed by atoms with Crippen LogP contribution in [-0.4, -0.2) is 26.4 Å². The van der Waals surface area contributed by atoms with Gasteiger partial charge in [-0.3, -0.25) is 0 Å². The summed E-state index contributed by atoms with van der Waals surface area (Å²) in [5, 5.41) is 0. The summed E-state index contributed by atoms with van der Waals surface area (Å²) in [4.78, 5) is 0. The largest absolute Gasteiger partial charge is 0.493 e. The standard InChI is InChI=1S/C13H19NO3/c1-15-13-7-10(8-14)4-5-12(13)17-9-11-3-2-6-16-11/h4-5,7,11H,2-3,6,8-9,14H2,1H3. The molecule has 0 aliphatic carbocycles. The van der Waals surface area contributed by atoms with Crippen LogP contribution in [0.15, 0.2) is 18.2 Å². The predicted molar refractivity (Wildman–Crippen MR) is 65.4 cm³/mol. The van der Waals surface area contributed by atoms with Gasteiger partial charge in [0, 0.05) is 13.2 Å². The molecule has 1 heterocycles. The fourth-order valence-corrected chi connectivity index (χ4v) is 1.92. The van der Waals surface area contributed by atoms with Crippen molar-refractivity contribution in [3.8, 4) is 11.5 Å². The Morgan fingerprint density at radius 3 is 2.94 bits per heavy atom. The fraction of sp³-hybridized carbons (Fsp3) is 0.538. The van der Waals surface area contributed by atoms with Gasteiger partial charge >= 0.3 is 0 Å². The quantitative estimate of drug-likeness (QED) is 0.847. The second-order valence-corrected chi connectivity index (χ2v) is 4.14. The molecule has 0 spiro atoms.